The summed E-state index contributed by atoms with van der Waals surface area (Å²) in [5, 5.41) is 10.2. The molecule has 1 rings (SSSR count). The summed E-state index contributed by atoms with van der Waals surface area (Å²) in [5.74, 6) is 1.45. The van der Waals surface area contributed by atoms with E-state index in [1.807, 2.05) is 24.3 Å². The standard InChI is InChI=1S/C18H29NO4/c1-5-6-9-16(20)14-19(11-12-21-2)13-15-8-7-10-17(22-3)18(15)23-4/h5,7-8,10,16,20H,1,6,9,11-14H2,2-4H3. The van der Waals surface area contributed by atoms with Crippen molar-refractivity contribution in [2.45, 2.75) is 25.5 Å². The highest BCUT2D eigenvalue weighted by Gasteiger charge is 2.16. The van der Waals surface area contributed by atoms with Crippen molar-refractivity contribution in [2.75, 3.05) is 41.0 Å². The monoisotopic (exact) mass is 323 g/mol. The van der Waals surface area contributed by atoms with Crippen LogP contribution in [0.1, 0.15) is 18.4 Å². The van der Waals surface area contributed by atoms with Gasteiger partial charge in [0.25, 0.3) is 0 Å². The van der Waals surface area contributed by atoms with Gasteiger partial charge in [-0.15, -0.1) is 6.58 Å². The summed E-state index contributed by atoms with van der Waals surface area (Å²) in [4.78, 5) is 2.16. The number of aliphatic hydroxyl groups is 1. The van der Waals surface area contributed by atoms with E-state index in [9.17, 15) is 5.11 Å². The summed E-state index contributed by atoms with van der Waals surface area (Å²) >= 11 is 0. The average Bonchev–Trinajstić information content (AvgIpc) is 2.57. The summed E-state index contributed by atoms with van der Waals surface area (Å²) < 4.78 is 16.0. The van der Waals surface area contributed by atoms with Crippen LogP contribution in [0.25, 0.3) is 0 Å². The van der Waals surface area contributed by atoms with Crippen molar-refractivity contribution in [2.24, 2.45) is 0 Å². The maximum absolute atomic E-state index is 10.2. The molecule has 23 heavy (non-hydrogen) atoms. The van der Waals surface area contributed by atoms with Crippen LogP contribution in [0.5, 0.6) is 11.5 Å². The van der Waals surface area contributed by atoms with Crippen LogP contribution in [0.15, 0.2) is 30.9 Å². The van der Waals surface area contributed by atoms with Crippen molar-refractivity contribution in [3.05, 3.63) is 36.4 Å². The van der Waals surface area contributed by atoms with Gasteiger partial charge in [-0.3, -0.25) is 4.90 Å². The highest BCUT2D eigenvalue weighted by molar-refractivity contribution is 5.46. The topological polar surface area (TPSA) is 51.2 Å². The first-order valence-corrected chi connectivity index (χ1v) is 7.86. The minimum atomic E-state index is -0.388. The smallest absolute Gasteiger partial charge is 0.165 e. The normalized spacial score (nSPS) is 12.2. The highest BCUT2D eigenvalue weighted by atomic mass is 16.5. The van der Waals surface area contributed by atoms with Gasteiger partial charge in [0, 0.05) is 32.3 Å². The SMILES string of the molecule is C=CCCC(O)CN(CCOC)Cc1cccc(OC)c1OC. The van der Waals surface area contributed by atoms with Gasteiger partial charge in [-0.2, -0.15) is 0 Å². The van der Waals surface area contributed by atoms with E-state index in [0.717, 1.165) is 24.3 Å². The third kappa shape index (κ3) is 6.60. The Labute approximate surface area is 139 Å². The van der Waals surface area contributed by atoms with Crippen molar-refractivity contribution in [1.82, 2.24) is 4.90 Å². The number of rotatable bonds is 12. The number of benzene rings is 1. The predicted molar refractivity (Wildman–Crippen MR) is 92.1 cm³/mol. The third-order valence-corrected chi connectivity index (χ3v) is 3.66. The molecule has 5 heteroatoms. The van der Waals surface area contributed by atoms with Crippen LogP contribution in [0.3, 0.4) is 0 Å². The van der Waals surface area contributed by atoms with Gasteiger partial charge in [-0.05, 0) is 18.9 Å². The van der Waals surface area contributed by atoms with Gasteiger partial charge in [0.05, 0.1) is 26.9 Å². The van der Waals surface area contributed by atoms with Crippen molar-refractivity contribution in [3.8, 4) is 11.5 Å². The third-order valence-electron chi connectivity index (χ3n) is 3.66. The van der Waals surface area contributed by atoms with E-state index in [4.69, 9.17) is 14.2 Å². The highest BCUT2D eigenvalue weighted by Crippen LogP contribution is 2.31. The molecule has 0 radical (unpaired) electrons. The zero-order chi connectivity index (χ0) is 17.1. The molecular weight excluding hydrogens is 294 g/mol. The van der Waals surface area contributed by atoms with Gasteiger partial charge in [0.15, 0.2) is 11.5 Å². The number of nitrogens with zero attached hydrogens (tertiary/aromatic N) is 1. The van der Waals surface area contributed by atoms with Gasteiger partial charge < -0.3 is 19.3 Å². The fourth-order valence-corrected chi connectivity index (χ4v) is 2.47. The molecule has 0 fully saturated rings. The summed E-state index contributed by atoms with van der Waals surface area (Å²) in [6, 6.07) is 5.83. The van der Waals surface area contributed by atoms with E-state index in [0.29, 0.717) is 31.9 Å². The first kappa shape index (κ1) is 19.5. The Morgan fingerprint density at radius 2 is 2.04 bits per heavy atom. The van der Waals surface area contributed by atoms with Crippen LogP contribution in [-0.4, -0.2) is 57.1 Å². The Morgan fingerprint density at radius 3 is 2.65 bits per heavy atom. The predicted octanol–water partition coefficient (Wildman–Crippen LogP) is 2.48. The molecule has 1 atom stereocenters. The van der Waals surface area contributed by atoms with E-state index >= 15 is 0 Å². The van der Waals surface area contributed by atoms with Crippen molar-refractivity contribution >= 4 is 0 Å². The molecule has 1 N–H and O–H groups in total. The molecule has 0 spiro atoms. The number of hydrogen-bond acceptors (Lipinski definition) is 5. The fourth-order valence-electron chi connectivity index (χ4n) is 2.47. The molecule has 0 bridgehead atoms. The van der Waals surface area contributed by atoms with Crippen LogP contribution in [-0.2, 0) is 11.3 Å². The second-order valence-corrected chi connectivity index (χ2v) is 5.40. The van der Waals surface area contributed by atoms with Gasteiger partial charge in [-0.1, -0.05) is 18.2 Å². The molecule has 5 nitrogen and oxygen atoms in total. The Bertz CT molecular complexity index is 464. The Morgan fingerprint density at radius 1 is 1.26 bits per heavy atom. The van der Waals surface area contributed by atoms with Gasteiger partial charge in [-0.25, -0.2) is 0 Å². The van der Waals surface area contributed by atoms with E-state index in [1.165, 1.54) is 0 Å². The Hall–Kier alpha value is -1.56. The second kappa shape index (κ2) is 11.0. The largest absolute Gasteiger partial charge is 0.493 e. The molecule has 1 unspecified atom stereocenters. The summed E-state index contributed by atoms with van der Waals surface area (Å²) in [6.07, 6.45) is 2.96. The number of para-hydroxylation sites is 1. The first-order chi connectivity index (χ1) is 11.2. The Kier molecular flexibility index (Phi) is 9.36. The molecule has 0 aromatic heterocycles. The zero-order valence-corrected chi connectivity index (χ0v) is 14.5. The molecule has 130 valence electrons. The van der Waals surface area contributed by atoms with Gasteiger partial charge in [0.1, 0.15) is 0 Å². The number of aliphatic hydroxyl groups excluding tert-OH is 1. The minimum absolute atomic E-state index is 0.388. The van der Waals surface area contributed by atoms with E-state index in [-0.39, 0.29) is 6.10 Å². The molecule has 0 saturated heterocycles. The van der Waals surface area contributed by atoms with Gasteiger partial charge in [0.2, 0.25) is 0 Å². The zero-order valence-electron chi connectivity index (χ0n) is 14.5. The van der Waals surface area contributed by atoms with Crippen LogP contribution in [0.4, 0.5) is 0 Å². The molecule has 0 saturated carbocycles. The molecule has 1 aromatic rings. The van der Waals surface area contributed by atoms with Crippen molar-refractivity contribution < 1.29 is 19.3 Å². The van der Waals surface area contributed by atoms with Gasteiger partial charge >= 0.3 is 0 Å². The summed E-state index contributed by atoms with van der Waals surface area (Å²) in [6.45, 7) is 6.29. The fraction of sp³-hybridized carbons (Fsp3) is 0.556. The molecule has 1 aromatic carbocycles. The number of methoxy groups -OCH3 is 3. The number of allylic oxidation sites excluding steroid dienone is 1. The second-order valence-electron chi connectivity index (χ2n) is 5.40. The van der Waals surface area contributed by atoms with Crippen LogP contribution in [0.2, 0.25) is 0 Å². The average molecular weight is 323 g/mol. The molecule has 0 amide bonds. The summed E-state index contributed by atoms with van der Waals surface area (Å²) in [7, 11) is 4.95. The lowest BCUT2D eigenvalue weighted by molar-refractivity contribution is 0.0804. The number of ether oxygens (including phenoxy) is 3. The maximum Gasteiger partial charge on any atom is 0.165 e. The van der Waals surface area contributed by atoms with Crippen molar-refractivity contribution in [3.63, 3.8) is 0 Å². The molecule has 0 aliphatic heterocycles. The lowest BCUT2D eigenvalue weighted by Gasteiger charge is -2.26. The molecular formula is C18H29NO4. The lowest BCUT2D eigenvalue weighted by Crippen LogP contribution is -2.34. The van der Waals surface area contributed by atoms with Crippen LogP contribution in [0, 0.1) is 0 Å². The Balaban J connectivity index is 2.81. The van der Waals surface area contributed by atoms with Crippen LogP contribution >= 0.6 is 0 Å². The molecule has 0 heterocycles. The number of hydrogen-bond donors (Lipinski definition) is 1. The molecule has 0 aliphatic carbocycles. The maximum atomic E-state index is 10.2. The summed E-state index contributed by atoms with van der Waals surface area (Å²) in [5.41, 5.74) is 1.03. The molecule has 0 aliphatic rings. The van der Waals surface area contributed by atoms with E-state index in [1.54, 1.807) is 21.3 Å². The first-order valence-electron chi connectivity index (χ1n) is 7.86. The van der Waals surface area contributed by atoms with Crippen molar-refractivity contribution in [1.29, 1.82) is 0 Å². The lowest BCUT2D eigenvalue weighted by atomic mass is 10.1. The van der Waals surface area contributed by atoms with E-state index < -0.39 is 0 Å². The van der Waals surface area contributed by atoms with Crippen LogP contribution < -0.4 is 9.47 Å². The van der Waals surface area contributed by atoms with E-state index in [2.05, 4.69) is 11.5 Å². The minimum Gasteiger partial charge on any atom is -0.493 e. The quantitative estimate of drug-likeness (QED) is 0.599.